The van der Waals surface area contributed by atoms with Gasteiger partial charge in [0.05, 0.1) is 26.1 Å². The summed E-state index contributed by atoms with van der Waals surface area (Å²) >= 11 is 25.3. The van der Waals surface area contributed by atoms with E-state index in [1.807, 2.05) is 0 Å². The Kier molecular flexibility index (Phi) is 4.23. The van der Waals surface area contributed by atoms with Gasteiger partial charge in [-0.2, -0.15) is 0 Å². The minimum atomic E-state index is -1.11. The van der Waals surface area contributed by atoms with Gasteiger partial charge in [0.2, 0.25) is 0 Å². The Morgan fingerprint density at radius 2 is 1.82 bits per heavy atom. The van der Waals surface area contributed by atoms with Gasteiger partial charge in [0, 0.05) is 16.0 Å². The Hall–Kier alpha value is -1.04. The van der Waals surface area contributed by atoms with E-state index in [0.29, 0.717) is 35.9 Å². The third-order valence-electron chi connectivity index (χ3n) is 2.99. The maximum atomic E-state index is 11.5. The summed E-state index contributed by atoms with van der Waals surface area (Å²) in [6.07, 6.45) is 0. The minimum Gasteiger partial charge on any atom is -0.478 e. The first-order valence-corrected chi connectivity index (χ1v) is 8.18. The molecule has 0 aliphatic heterocycles. The molecule has 0 aliphatic rings. The van der Waals surface area contributed by atoms with Crippen LogP contribution in [0.1, 0.15) is 10.4 Å². The summed E-state index contributed by atoms with van der Waals surface area (Å²) in [7, 11) is 0. The van der Waals surface area contributed by atoms with Crippen LogP contribution in [0.2, 0.25) is 18.7 Å². The maximum absolute atomic E-state index is 11.5. The number of halogens is 4. The molecule has 1 N–H and O–H groups in total. The van der Waals surface area contributed by atoms with Gasteiger partial charge >= 0.3 is 5.97 Å². The molecule has 2 aromatic heterocycles. The Labute approximate surface area is 149 Å². The second-order valence-corrected chi connectivity index (χ2v) is 7.51. The number of carboxylic acids is 1. The van der Waals surface area contributed by atoms with Crippen molar-refractivity contribution in [3.8, 4) is 11.3 Å². The number of nitrogens with zero attached hydrogens (tertiary/aromatic N) is 1. The minimum absolute atomic E-state index is 0.0442. The molecule has 0 aliphatic carbocycles. The van der Waals surface area contributed by atoms with Crippen LogP contribution in [0.3, 0.4) is 0 Å². The van der Waals surface area contributed by atoms with Crippen LogP contribution in [-0.2, 0) is 0 Å². The SMILES string of the molecule is O=C(O)c1cc(-c2cc(Cl)sc2Cl)nc2c(Cl)cc(Cl)cc12. The van der Waals surface area contributed by atoms with Crippen molar-refractivity contribution >= 4 is 74.6 Å². The lowest BCUT2D eigenvalue weighted by molar-refractivity contribution is 0.0699. The number of fused-ring (bicyclic) bond motifs is 1. The Morgan fingerprint density at radius 1 is 1.09 bits per heavy atom. The molecule has 0 atom stereocenters. The Balaban J connectivity index is 2.39. The number of thiophene rings is 1. The summed E-state index contributed by atoms with van der Waals surface area (Å²) < 4.78 is 0.916. The molecule has 22 heavy (non-hydrogen) atoms. The molecule has 0 spiro atoms. The van der Waals surface area contributed by atoms with Crippen molar-refractivity contribution in [1.82, 2.24) is 4.98 Å². The second-order valence-electron chi connectivity index (χ2n) is 4.38. The highest BCUT2D eigenvalue weighted by atomic mass is 35.5. The van der Waals surface area contributed by atoms with E-state index in [1.165, 1.54) is 29.5 Å². The summed E-state index contributed by atoms with van der Waals surface area (Å²) in [6, 6.07) is 6.10. The molecule has 0 fully saturated rings. The number of carbonyl (C=O) groups is 1. The molecule has 0 radical (unpaired) electrons. The quantitative estimate of drug-likeness (QED) is 0.558. The first-order valence-electron chi connectivity index (χ1n) is 5.85. The number of aromatic carboxylic acids is 1. The van der Waals surface area contributed by atoms with Crippen LogP contribution in [0, 0.1) is 0 Å². The van der Waals surface area contributed by atoms with Crippen molar-refractivity contribution in [3.05, 3.63) is 48.5 Å². The zero-order valence-electron chi connectivity index (χ0n) is 10.5. The predicted octanol–water partition coefficient (Wildman–Crippen LogP) is 6.28. The van der Waals surface area contributed by atoms with Gasteiger partial charge in [-0.3, -0.25) is 0 Å². The lowest BCUT2D eigenvalue weighted by Crippen LogP contribution is -2.00. The van der Waals surface area contributed by atoms with Crippen LogP contribution < -0.4 is 0 Å². The van der Waals surface area contributed by atoms with E-state index in [1.54, 1.807) is 6.07 Å². The number of carboxylic acid groups (broad SMARTS) is 1. The molecule has 0 bridgehead atoms. The van der Waals surface area contributed by atoms with Gasteiger partial charge in [0.1, 0.15) is 4.34 Å². The fraction of sp³-hybridized carbons (Fsp3) is 0. The fourth-order valence-corrected chi connectivity index (χ4v) is 4.10. The lowest BCUT2D eigenvalue weighted by atomic mass is 10.1. The molecule has 0 saturated heterocycles. The molecule has 3 aromatic rings. The smallest absolute Gasteiger partial charge is 0.336 e. The Bertz CT molecular complexity index is 923. The molecule has 0 saturated carbocycles. The molecule has 3 nitrogen and oxygen atoms in total. The fourth-order valence-electron chi connectivity index (χ4n) is 2.08. The molecule has 0 unspecified atom stereocenters. The monoisotopic (exact) mass is 391 g/mol. The predicted molar refractivity (Wildman–Crippen MR) is 92.1 cm³/mol. The van der Waals surface area contributed by atoms with Crippen molar-refractivity contribution in [2.75, 3.05) is 0 Å². The van der Waals surface area contributed by atoms with Crippen molar-refractivity contribution in [2.24, 2.45) is 0 Å². The van der Waals surface area contributed by atoms with Crippen LogP contribution in [-0.4, -0.2) is 16.1 Å². The summed E-state index contributed by atoms with van der Waals surface area (Å²) in [5.41, 5.74) is 1.34. The summed E-state index contributed by atoms with van der Waals surface area (Å²) in [5.74, 6) is -1.11. The van der Waals surface area contributed by atoms with Crippen LogP contribution >= 0.6 is 57.7 Å². The first-order chi connectivity index (χ1) is 10.4. The van der Waals surface area contributed by atoms with E-state index in [2.05, 4.69) is 4.98 Å². The van der Waals surface area contributed by atoms with Crippen LogP contribution in [0.15, 0.2) is 24.3 Å². The first kappa shape index (κ1) is 15.8. The topological polar surface area (TPSA) is 50.2 Å². The normalized spacial score (nSPS) is 11.1. The third-order valence-corrected chi connectivity index (χ3v) is 4.99. The standard InChI is InChI=1S/C14H5Cl4NO2S/c15-5-1-6-7(14(20)21)3-10(19-12(6)9(16)2-5)8-4-11(17)22-13(8)18/h1-4H,(H,20,21). The van der Waals surface area contributed by atoms with Crippen molar-refractivity contribution in [2.45, 2.75) is 0 Å². The molecule has 112 valence electrons. The molecule has 1 aromatic carbocycles. The van der Waals surface area contributed by atoms with Gasteiger partial charge in [-0.05, 0) is 24.3 Å². The highest BCUT2D eigenvalue weighted by Gasteiger charge is 2.18. The van der Waals surface area contributed by atoms with Gasteiger partial charge in [-0.15, -0.1) is 11.3 Å². The maximum Gasteiger partial charge on any atom is 0.336 e. The molecule has 2 heterocycles. The van der Waals surface area contributed by atoms with E-state index < -0.39 is 5.97 Å². The van der Waals surface area contributed by atoms with E-state index in [9.17, 15) is 9.90 Å². The van der Waals surface area contributed by atoms with E-state index >= 15 is 0 Å². The number of rotatable bonds is 2. The summed E-state index contributed by atoms with van der Waals surface area (Å²) in [4.78, 5) is 16.0. The second kappa shape index (κ2) is 5.87. The Morgan fingerprint density at radius 3 is 2.41 bits per heavy atom. The van der Waals surface area contributed by atoms with Gasteiger partial charge in [-0.25, -0.2) is 9.78 Å². The van der Waals surface area contributed by atoms with Gasteiger partial charge in [0.25, 0.3) is 0 Å². The van der Waals surface area contributed by atoms with E-state index in [-0.39, 0.29) is 10.6 Å². The molecule has 3 rings (SSSR count). The highest BCUT2D eigenvalue weighted by Crippen LogP contribution is 2.39. The van der Waals surface area contributed by atoms with Crippen molar-refractivity contribution in [1.29, 1.82) is 0 Å². The number of aromatic nitrogens is 1. The largest absolute Gasteiger partial charge is 0.478 e. The summed E-state index contributed by atoms with van der Waals surface area (Å²) in [6.45, 7) is 0. The lowest BCUT2D eigenvalue weighted by Gasteiger charge is -2.08. The zero-order chi connectivity index (χ0) is 16.0. The average molecular weight is 393 g/mol. The number of hydrogen-bond donors (Lipinski definition) is 1. The molecule has 8 heteroatoms. The van der Waals surface area contributed by atoms with Crippen LogP contribution in [0.25, 0.3) is 22.2 Å². The summed E-state index contributed by atoms with van der Waals surface area (Å²) in [5, 5.41) is 10.4. The highest BCUT2D eigenvalue weighted by molar-refractivity contribution is 7.20. The van der Waals surface area contributed by atoms with Crippen LogP contribution in [0.4, 0.5) is 0 Å². The third kappa shape index (κ3) is 2.77. The van der Waals surface area contributed by atoms with E-state index in [0.717, 1.165) is 0 Å². The molecule has 0 amide bonds. The number of pyridine rings is 1. The van der Waals surface area contributed by atoms with Crippen LogP contribution in [0.5, 0.6) is 0 Å². The molecular formula is C14H5Cl4NO2S. The number of benzene rings is 1. The van der Waals surface area contributed by atoms with Gasteiger partial charge < -0.3 is 5.11 Å². The van der Waals surface area contributed by atoms with Crippen molar-refractivity contribution in [3.63, 3.8) is 0 Å². The van der Waals surface area contributed by atoms with E-state index in [4.69, 9.17) is 46.4 Å². The average Bonchev–Trinajstić information content (AvgIpc) is 2.76. The zero-order valence-corrected chi connectivity index (χ0v) is 14.4. The van der Waals surface area contributed by atoms with Gasteiger partial charge in [0.15, 0.2) is 0 Å². The van der Waals surface area contributed by atoms with Crippen molar-refractivity contribution < 1.29 is 9.90 Å². The van der Waals surface area contributed by atoms with Gasteiger partial charge in [-0.1, -0.05) is 46.4 Å². The number of hydrogen-bond acceptors (Lipinski definition) is 3. The molecular weight excluding hydrogens is 388 g/mol.